The molecule has 2 aromatic rings. The van der Waals surface area contributed by atoms with Gasteiger partial charge in [-0.2, -0.15) is 0 Å². The third-order valence-corrected chi connectivity index (χ3v) is 4.95. The lowest BCUT2D eigenvalue weighted by Gasteiger charge is -1.94. The summed E-state index contributed by atoms with van der Waals surface area (Å²) in [5.74, 6) is 1.06. The quantitative estimate of drug-likeness (QED) is 0.734. The van der Waals surface area contributed by atoms with Crippen molar-refractivity contribution in [3.63, 3.8) is 0 Å². The normalized spacial score (nSPS) is 11.0. The summed E-state index contributed by atoms with van der Waals surface area (Å²) in [5.41, 5.74) is 2.24. The molecule has 2 rings (SSSR count). The molecule has 0 saturated heterocycles. The number of aromatic nitrogens is 2. The topological polar surface area (TPSA) is 28.7 Å². The van der Waals surface area contributed by atoms with Gasteiger partial charge in [-0.15, -0.1) is 0 Å². The van der Waals surface area contributed by atoms with Gasteiger partial charge in [0, 0.05) is 9.99 Å². The zero-order valence-electron chi connectivity index (χ0n) is 7.06. The van der Waals surface area contributed by atoms with Crippen molar-refractivity contribution in [3.8, 4) is 0 Å². The van der Waals surface area contributed by atoms with E-state index in [1.165, 1.54) is 7.14 Å². The maximum absolute atomic E-state index is 4.52. The highest BCUT2D eigenvalue weighted by Crippen LogP contribution is 2.23. The van der Waals surface area contributed by atoms with Crippen molar-refractivity contribution >= 4 is 56.2 Å². The Kier molecular flexibility index (Phi) is 2.77. The highest BCUT2D eigenvalue weighted by Gasteiger charge is 2.06. The van der Waals surface area contributed by atoms with Crippen molar-refractivity contribution in [3.05, 3.63) is 25.1 Å². The summed E-state index contributed by atoms with van der Waals surface area (Å²) in [6.45, 7) is 2.11. The predicted octanol–water partition coefficient (Wildman–Crippen LogP) is 3.33. The van der Waals surface area contributed by atoms with Gasteiger partial charge < -0.3 is 4.98 Å². The minimum atomic E-state index is 0.960. The van der Waals surface area contributed by atoms with E-state index in [4.69, 9.17) is 0 Å². The summed E-state index contributed by atoms with van der Waals surface area (Å²) in [6, 6.07) is 4.20. The van der Waals surface area contributed by atoms with E-state index in [1.807, 2.05) is 0 Å². The summed E-state index contributed by atoms with van der Waals surface area (Å²) in [6.07, 6.45) is 0.960. The van der Waals surface area contributed by atoms with E-state index in [0.717, 1.165) is 23.3 Å². The summed E-state index contributed by atoms with van der Waals surface area (Å²) in [7, 11) is 0. The molecular weight excluding hydrogens is 390 g/mol. The second kappa shape index (κ2) is 3.72. The van der Waals surface area contributed by atoms with E-state index in [9.17, 15) is 0 Å². The van der Waals surface area contributed by atoms with Crippen LogP contribution < -0.4 is 0 Å². The molecule has 1 heterocycles. The minimum Gasteiger partial charge on any atom is -0.342 e. The van der Waals surface area contributed by atoms with Crippen molar-refractivity contribution < 1.29 is 0 Å². The van der Waals surface area contributed by atoms with Crippen LogP contribution in [0.5, 0.6) is 0 Å². The molecule has 0 spiro atoms. The Morgan fingerprint density at radius 1 is 1.38 bits per heavy atom. The molecule has 0 saturated carbocycles. The number of nitrogens with zero attached hydrogens (tertiary/aromatic N) is 1. The number of H-pyrrole nitrogens is 1. The molecule has 1 N–H and O–H groups in total. The summed E-state index contributed by atoms with van der Waals surface area (Å²) in [4.78, 5) is 7.82. The first-order chi connectivity index (χ1) is 6.22. The third kappa shape index (κ3) is 1.70. The largest absolute Gasteiger partial charge is 0.342 e. The highest BCUT2D eigenvalue weighted by molar-refractivity contribution is 14.1. The first kappa shape index (κ1) is 9.70. The first-order valence-corrected chi connectivity index (χ1v) is 6.20. The average Bonchev–Trinajstić information content (AvgIpc) is 2.55. The molecule has 0 radical (unpaired) electrons. The maximum Gasteiger partial charge on any atom is 0.106 e. The van der Waals surface area contributed by atoms with Gasteiger partial charge >= 0.3 is 0 Å². The van der Waals surface area contributed by atoms with Crippen LogP contribution in [0.4, 0.5) is 0 Å². The Morgan fingerprint density at radius 3 is 2.85 bits per heavy atom. The lowest BCUT2D eigenvalue weighted by molar-refractivity contribution is 1.000. The zero-order chi connectivity index (χ0) is 9.42. The van der Waals surface area contributed by atoms with E-state index in [1.54, 1.807) is 0 Å². The molecule has 0 fully saturated rings. The molecule has 0 amide bonds. The van der Waals surface area contributed by atoms with Crippen LogP contribution in [0.25, 0.3) is 11.0 Å². The van der Waals surface area contributed by atoms with Crippen molar-refractivity contribution in [1.82, 2.24) is 9.97 Å². The number of imidazole rings is 1. The van der Waals surface area contributed by atoms with Gasteiger partial charge in [-0.3, -0.25) is 0 Å². The summed E-state index contributed by atoms with van der Waals surface area (Å²) < 4.78 is 2.51. The van der Waals surface area contributed by atoms with Gasteiger partial charge in [-0.25, -0.2) is 4.98 Å². The zero-order valence-corrected chi connectivity index (χ0v) is 11.4. The lowest BCUT2D eigenvalue weighted by Crippen LogP contribution is -1.82. The van der Waals surface area contributed by atoms with Gasteiger partial charge in [0.25, 0.3) is 0 Å². The summed E-state index contributed by atoms with van der Waals surface area (Å²) >= 11 is 4.67. The number of aryl methyl sites for hydroxylation is 1. The Bertz CT molecular complexity index is 448. The van der Waals surface area contributed by atoms with Gasteiger partial charge in [0.15, 0.2) is 0 Å². The monoisotopic (exact) mass is 398 g/mol. The van der Waals surface area contributed by atoms with Crippen LogP contribution in [0.1, 0.15) is 12.7 Å². The van der Waals surface area contributed by atoms with E-state index in [0.29, 0.717) is 0 Å². The molecule has 1 aromatic carbocycles. The molecule has 0 bridgehead atoms. The minimum absolute atomic E-state index is 0.960. The number of hydrogen-bond acceptors (Lipinski definition) is 1. The van der Waals surface area contributed by atoms with Gasteiger partial charge in [-0.05, 0) is 57.3 Å². The van der Waals surface area contributed by atoms with Crippen molar-refractivity contribution in [2.45, 2.75) is 13.3 Å². The SMILES string of the molecule is CCc1nc2c(I)c(I)ccc2[nH]1. The fourth-order valence-corrected chi connectivity index (χ4v) is 2.26. The molecule has 4 heteroatoms. The fraction of sp³-hybridized carbons (Fsp3) is 0.222. The maximum atomic E-state index is 4.52. The summed E-state index contributed by atoms with van der Waals surface area (Å²) in [5, 5.41) is 0. The Morgan fingerprint density at radius 2 is 2.15 bits per heavy atom. The Balaban J connectivity index is 2.76. The second-order valence-electron chi connectivity index (χ2n) is 2.79. The van der Waals surface area contributed by atoms with E-state index in [2.05, 4.69) is 74.2 Å². The predicted molar refractivity (Wildman–Crippen MR) is 70.9 cm³/mol. The van der Waals surface area contributed by atoms with Crippen molar-refractivity contribution in [1.29, 1.82) is 0 Å². The molecule has 0 atom stereocenters. The number of fused-ring (bicyclic) bond motifs is 1. The van der Waals surface area contributed by atoms with Crippen LogP contribution in [0.15, 0.2) is 12.1 Å². The molecule has 0 aliphatic carbocycles. The average molecular weight is 398 g/mol. The van der Waals surface area contributed by atoms with E-state index in [-0.39, 0.29) is 0 Å². The van der Waals surface area contributed by atoms with Gasteiger partial charge in [-0.1, -0.05) is 6.92 Å². The first-order valence-electron chi connectivity index (χ1n) is 4.05. The number of hydrogen-bond donors (Lipinski definition) is 1. The molecule has 0 aliphatic heterocycles. The number of aromatic amines is 1. The molecule has 68 valence electrons. The number of nitrogens with one attached hydrogen (secondary N) is 1. The van der Waals surface area contributed by atoms with E-state index < -0.39 is 0 Å². The van der Waals surface area contributed by atoms with Crippen LogP contribution in [0, 0.1) is 7.14 Å². The van der Waals surface area contributed by atoms with Crippen LogP contribution in [0.3, 0.4) is 0 Å². The Labute approximate surface area is 104 Å². The van der Waals surface area contributed by atoms with Gasteiger partial charge in [0.05, 0.1) is 9.09 Å². The smallest absolute Gasteiger partial charge is 0.106 e. The lowest BCUT2D eigenvalue weighted by atomic mass is 10.3. The third-order valence-electron chi connectivity index (χ3n) is 1.93. The number of halogens is 2. The molecule has 1 aromatic heterocycles. The van der Waals surface area contributed by atoms with Crippen LogP contribution >= 0.6 is 45.2 Å². The van der Waals surface area contributed by atoms with Crippen LogP contribution in [0.2, 0.25) is 0 Å². The fourth-order valence-electron chi connectivity index (χ4n) is 1.24. The van der Waals surface area contributed by atoms with Crippen LogP contribution in [-0.2, 0) is 6.42 Å². The second-order valence-corrected chi connectivity index (χ2v) is 5.04. The standard InChI is InChI=1S/C9H8I2N2/c1-2-7-12-6-4-3-5(10)8(11)9(6)13-7/h3-4H,2H2,1H3,(H,12,13). The van der Waals surface area contributed by atoms with Crippen molar-refractivity contribution in [2.75, 3.05) is 0 Å². The molecule has 13 heavy (non-hydrogen) atoms. The van der Waals surface area contributed by atoms with Gasteiger partial charge in [0.2, 0.25) is 0 Å². The molecule has 0 aliphatic rings. The Hall–Kier alpha value is 0.150. The number of benzene rings is 1. The van der Waals surface area contributed by atoms with Crippen LogP contribution in [-0.4, -0.2) is 9.97 Å². The molecule has 2 nitrogen and oxygen atoms in total. The molecular formula is C9H8I2N2. The number of rotatable bonds is 1. The molecule has 0 unspecified atom stereocenters. The van der Waals surface area contributed by atoms with E-state index >= 15 is 0 Å². The van der Waals surface area contributed by atoms with Gasteiger partial charge in [0.1, 0.15) is 11.3 Å². The highest BCUT2D eigenvalue weighted by atomic mass is 127. The van der Waals surface area contributed by atoms with Crippen molar-refractivity contribution in [2.24, 2.45) is 0 Å².